The molecule has 2 aliphatic heterocycles. The minimum atomic E-state index is -4.87. The molecule has 0 spiro atoms. The van der Waals surface area contributed by atoms with Crippen LogP contribution in [0.3, 0.4) is 0 Å². The van der Waals surface area contributed by atoms with Crippen LogP contribution < -0.4 is 25.8 Å². The first-order valence-corrected chi connectivity index (χ1v) is 25.7. The molecule has 0 saturated carbocycles. The number of aryl methyl sites for hydroxylation is 1. The van der Waals surface area contributed by atoms with Crippen LogP contribution in [-0.4, -0.2) is 86.5 Å². The van der Waals surface area contributed by atoms with Gasteiger partial charge in [0.25, 0.3) is 11.8 Å². The zero-order valence-corrected chi connectivity index (χ0v) is 43.5. The zero-order valence-electron chi connectivity index (χ0n) is 41.8. The summed E-state index contributed by atoms with van der Waals surface area (Å²) in [5, 5.41) is 28.1. The van der Waals surface area contributed by atoms with Gasteiger partial charge < -0.3 is 30.9 Å². The molecule has 0 bridgehead atoms. The average Bonchev–Trinajstić information content (AvgIpc) is 4.00. The van der Waals surface area contributed by atoms with Crippen molar-refractivity contribution in [3.8, 4) is 16.5 Å². The number of nitrogens with zero attached hydrogens (tertiary/aromatic N) is 5. The number of hydrogen-bond donors (Lipinski definition) is 4. The third-order valence-corrected chi connectivity index (χ3v) is 14.5. The minimum absolute atomic E-state index is 0.0119. The second-order valence-corrected chi connectivity index (χ2v) is 21.3. The number of rotatable bonds is 20. The number of carbonyl (C=O) groups excluding carboxylic acids is 5. The molecular formula is C53H62F4N8O6S2. The lowest BCUT2D eigenvalue weighted by Gasteiger charge is -2.35. The van der Waals surface area contributed by atoms with Gasteiger partial charge >= 0.3 is 6.18 Å². The molecule has 73 heavy (non-hydrogen) atoms. The number of alkyl halides is 3. The molecule has 2 aliphatic rings. The van der Waals surface area contributed by atoms with Crippen LogP contribution in [0.2, 0.25) is 0 Å². The number of likely N-dealkylation sites (tertiary alicyclic amines) is 1. The molecule has 5 amide bonds. The van der Waals surface area contributed by atoms with Crippen LogP contribution >= 0.6 is 23.6 Å². The van der Waals surface area contributed by atoms with Crippen molar-refractivity contribution in [2.75, 3.05) is 22.9 Å². The molecule has 2 saturated heterocycles. The molecule has 4 aromatic rings. The summed E-state index contributed by atoms with van der Waals surface area (Å²) in [5.41, 5.74) is 0.394. The number of unbranched alkanes of at least 4 members (excludes halogenated alkanes) is 7. The number of halogens is 4. The van der Waals surface area contributed by atoms with Crippen LogP contribution in [0.1, 0.15) is 132 Å². The third kappa shape index (κ3) is 13.5. The van der Waals surface area contributed by atoms with Gasteiger partial charge in [-0.1, -0.05) is 83.6 Å². The molecule has 0 radical (unpaired) electrons. The lowest BCUT2D eigenvalue weighted by Crippen LogP contribution is -2.57. The number of thiazole rings is 1. The summed E-state index contributed by atoms with van der Waals surface area (Å²) >= 11 is 7.10. The fourth-order valence-corrected chi connectivity index (χ4v) is 10.4. The smallest absolute Gasteiger partial charge is 0.391 e. The first kappa shape index (κ1) is 56.0. The molecule has 0 aliphatic carbocycles. The van der Waals surface area contributed by atoms with Gasteiger partial charge in [0.1, 0.15) is 23.4 Å². The van der Waals surface area contributed by atoms with Crippen molar-refractivity contribution in [3.63, 3.8) is 0 Å². The Morgan fingerprint density at radius 3 is 2.18 bits per heavy atom. The highest BCUT2D eigenvalue weighted by atomic mass is 32.1. The van der Waals surface area contributed by atoms with Crippen LogP contribution in [0.4, 0.5) is 28.9 Å². The molecule has 2 fully saturated rings. The molecule has 3 heterocycles. The van der Waals surface area contributed by atoms with Crippen LogP contribution in [-0.2, 0) is 31.9 Å². The molecular weight excluding hydrogens is 985 g/mol. The van der Waals surface area contributed by atoms with E-state index in [0.29, 0.717) is 25.5 Å². The molecule has 390 valence electrons. The van der Waals surface area contributed by atoms with Crippen molar-refractivity contribution in [3.05, 3.63) is 99.9 Å². The van der Waals surface area contributed by atoms with Crippen molar-refractivity contribution in [2.24, 2.45) is 5.41 Å². The highest BCUT2D eigenvalue weighted by Gasteiger charge is 2.51. The highest BCUT2D eigenvalue weighted by Crippen LogP contribution is 2.40. The maximum Gasteiger partial charge on any atom is 0.417 e. The molecule has 3 atom stereocenters. The normalized spacial score (nSPS) is 17.2. The van der Waals surface area contributed by atoms with E-state index in [9.17, 15) is 47.5 Å². The third-order valence-electron chi connectivity index (χ3n) is 13.1. The molecule has 6 rings (SSSR count). The van der Waals surface area contributed by atoms with Gasteiger partial charge in [-0.25, -0.2) is 9.37 Å². The number of carbonyl (C=O) groups is 5. The molecule has 1 aromatic heterocycles. The highest BCUT2D eigenvalue weighted by molar-refractivity contribution is 7.81. The monoisotopic (exact) mass is 1050 g/mol. The van der Waals surface area contributed by atoms with E-state index >= 15 is 4.39 Å². The van der Waals surface area contributed by atoms with Gasteiger partial charge in [0.2, 0.25) is 17.7 Å². The van der Waals surface area contributed by atoms with Gasteiger partial charge in [0.15, 0.2) is 5.11 Å². The average molecular weight is 1050 g/mol. The van der Waals surface area contributed by atoms with E-state index in [-0.39, 0.29) is 59.8 Å². The number of thiocarbonyl (C=S) groups is 1. The number of aliphatic hydroxyl groups excluding tert-OH is 1. The van der Waals surface area contributed by atoms with E-state index < -0.39 is 70.0 Å². The second-order valence-electron chi connectivity index (χ2n) is 20.1. The molecule has 14 nitrogen and oxygen atoms in total. The summed E-state index contributed by atoms with van der Waals surface area (Å²) in [5.74, 6) is -3.24. The first-order chi connectivity index (χ1) is 34.4. The van der Waals surface area contributed by atoms with Crippen molar-refractivity contribution in [1.29, 1.82) is 5.26 Å². The number of aromatic nitrogens is 1. The van der Waals surface area contributed by atoms with Gasteiger partial charge in [-0.15, -0.1) is 11.3 Å². The Labute approximate surface area is 432 Å². The van der Waals surface area contributed by atoms with E-state index in [4.69, 9.17) is 12.2 Å². The zero-order chi connectivity index (χ0) is 53.4. The Morgan fingerprint density at radius 1 is 0.932 bits per heavy atom. The summed E-state index contributed by atoms with van der Waals surface area (Å²) in [6, 6.07) is 14.1. The van der Waals surface area contributed by atoms with Crippen molar-refractivity contribution in [2.45, 2.75) is 142 Å². The summed E-state index contributed by atoms with van der Waals surface area (Å²) in [7, 11) is 0. The Hall–Kier alpha value is -6.30. The largest absolute Gasteiger partial charge is 0.417 e. The Balaban J connectivity index is 0.877. The van der Waals surface area contributed by atoms with Crippen LogP contribution in [0.15, 0.2) is 66.2 Å². The summed E-state index contributed by atoms with van der Waals surface area (Å²) in [4.78, 5) is 76.1. The number of amides is 5. The van der Waals surface area contributed by atoms with Gasteiger partial charge in [-0.2, -0.15) is 18.4 Å². The maximum atomic E-state index is 15.5. The quantitative estimate of drug-likeness (QED) is 0.0378. The summed E-state index contributed by atoms with van der Waals surface area (Å²) in [6.07, 6.45) is 1.18. The molecule has 4 N–H and O–H groups in total. The van der Waals surface area contributed by atoms with Crippen LogP contribution in [0.5, 0.6) is 0 Å². The van der Waals surface area contributed by atoms with E-state index in [1.54, 1.807) is 16.8 Å². The van der Waals surface area contributed by atoms with Crippen LogP contribution in [0, 0.1) is 29.5 Å². The van der Waals surface area contributed by atoms with E-state index in [1.807, 2.05) is 52.0 Å². The Kier molecular flexibility index (Phi) is 18.2. The fourth-order valence-electron chi connectivity index (χ4n) is 9.07. The number of β-amino-alcohol motifs (C(OH)–C–C–N with tert-alkyl or cyclic N) is 1. The number of nitrogens with one attached hydrogen (secondary N) is 3. The Morgan fingerprint density at radius 2 is 1.58 bits per heavy atom. The number of aliphatic hydroxyl groups is 1. The number of nitriles is 1. The van der Waals surface area contributed by atoms with Crippen molar-refractivity contribution in [1.82, 2.24) is 25.8 Å². The second kappa shape index (κ2) is 23.7. The Bertz CT molecular complexity index is 2730. The lowest BCUT2D eigenvalue weighted by molar-refractivity contribution is -0.144. The topological polar surface area (TPSA) is 188 Å². The maximum absolute atomic E-state index is 15.5. The van der Waals surface area contributed by atoms with Gasteiger partial charge in [0.05, 0.1) is 50.6 Å². The molecule has 3 aromatic carbocycles. The van der Waals surface area contributed by atoms with Crippen molar-refractivity contribution < 1.29 is 46.6 Å². The van der Waals surface area contributed by atoms with E-state index in [2.05, 4.69) is 20.9 Å². The standard InChI is InChI=1S/C53H62F4N8O6S2/c1-32-44(73-31-61-32)34-18-16-33(17-19-34)29-60-47(69)42-27-38(66)30-63(42)48(70)45(51(2,3)4)62-43(67)15-13-11-9-7-8-10-12-14-24-59-46(68)39-23-22-37(26-41(39)54)65-50(72)64(49(71)52(65,5)6)36-21-20-35(28-58)40(25-36)53(55,56)57/h16-23,25-26,31,38,42,45,66H,7-15,24,27,29-30H2,1-6H3,(H,59,68)(H,60,69)(H,62,67). The number of benzene rings is 3. The summed E-state index contributed by atoms with van der Waals surface area (Å²) < 4.78 is 56.7. The minimum Gasteiger partial charge on any atom is -0.391 e. The molecule has 20 heteroatoms. The first-order valence-electron chi connectivity index (χ1n) is 24.4. The fraction of sp³-hybridized carbons (Fsp3) is 0.472. The predicted octanol–water partition coefficient (Wildman–Crippen LogP) is 9.11. The number of hydrogen-bond acceptors (Lipinski definition) is 10. The number of anilines is 2. The summed E-state index contributed by atoms with van der Waals surface area (Å²) in [6.45, 7) is 11.0. The molecule has 3 unspecified atom stereocenters. The van der Waals surface area contributed by atoms with Gasteiger partial charge in [-0.05, 0) is 98.8 Å². The van der Waals surface area contributed by atoms with Crippen molar-refractivity contribution >= 4 is 69.6 Å². The SMILES string of the molecule is Cc1ncsc1-c1ccc(CNC(=O)C2CC(O)CN2C(=O)C(NC(=O)CCCCCCCCCCNC(=O)c2ccc(N3C(=S)N(c4ccc(C#N)c(C(F)(F)F)c4)C(=O)C3(C)C)cc2F)C(C)(C)C)cc1. The van der Waals surface area contributed by atoms with E-state index in [0.717, 1.165) is 77.3 Å². The predicted molar refractivity (Wildman–Crippen MR) is 275 cm³/mol. The van der Waals surface area contributed by atoms with E-state index in [1.165, 1.54) is 47.9 Å². The lowest BCUT2D eigenvalue weighted by atomic mass is 9.85. The van der Waals surface area contributed by atoms with Crippen LogP contribution in [0.25, 0.3) is 10.4 Å². The van der Waals surface area contributed by atoms with Gasteiger partial charge in [0, 0.05) is 38.2 Å². The van der Waals surface area contributed by atoms with Gasteiger partial charge in [-0.3, -0.25) is 28.9 Å².